The molecule has 10 rings (SSSR count). The SMILES string of the molecule is c1ccc(-c2nc(-c3ccc(-c4ccccc4-c4c(-c5ccccc5)ccc5ccccc45)cc3)nc(-c3cccc4c3sc3ccccc34)n2)cc1. The van der Waals surface area contributed by atoms with Crippen LogP contribution in [-0.4, -0.2) is 15.0 Å². The van der Waals surface area contributed by atoms with E-state index < -0.39 is 0 Å². The van der Waals surface area contributed by atoms with Crippen molar-refractivity contribution < 1.29 is 0 Å². The van der Waals surface area contributed by atoms with E-state index in [1.165, 1.54) is 58.8 Å². The number of rotatable bonds is 6. The predicted octanol–water partition coefficient (Wildman–Crippen LogP) is 13.4. The van der Waals surface area contributed by atoms with Crippen LogP contribution >= 0.6 is 11.3 Å². The Kier molecular flexibility index (Phi) is 7.67. The van der Waals surface area contributed by atoms with Gasteiger partial charge in [-0.25, -0.2) is 15.0 Å². The van der Waals surface area contributed by atoms with Gasteiger partial charge in [0.15, 0.2) is 17.5 Å². The third-order valence-electron chi connectivity index (χ3n) is 9.98. The van der Waals surface area contributed by atoms with Gasteiger partial charge in [-0.15, -0.1) is 11.3 Å². The molecule has 0 N–H and O–H groups in total. The number of hydrogen-bond acceptors (Lipinski definition) is 4. The van der Waals surface area contributed by atoms with Gasteiger partial charge >= 0.3 is 0 Å². The van der Waals surface area contributed by atoms with E-state index in [4.69, 9.17) is 15.0 Å². The van der Waals surface area contributed by atoms with Gasteiger partial charge in [0.2, 0.25) is 0 Å². The maximum absolute atomic E-state index is 5.15. The van der Waals surface area contributed by atoms with Gasteiger partial charge in [0.05, 0.1) is 0 Å². The molecular weight excluding hydrogens is 663 g/mol. The van der Waals surface area contributed by atoms with Crippen LogP contribution in [0, 0.1) is 0 Å². The summed E-state index contributed by atoms with van der Waals surface area (Å²) in [6.07, 6.45) is 0. The first-order valence-electron chi connectivity index (χ1n) is 17.8. The third-order valence-corrected chi connectivity index (χ3v) is 11.2. The Morgan fingerprint density at radius 2 is 0.830 bits per heavy atom. The smallest absolute Gasteiger partial charge is 0.165 e. The fraction of sp³-hybridized carbons (Fsp3) is 0. The van der Waals surface area contributed by atoms with Crippen LogP contribution in [-0.2, 0) is 0 Å². The van der Waals surface area contributed by atoms with Crippen molar-refractivity contribution in [2.24, 2.45) is 0 Å². The first-order valence-corrected chi connectivity index (χ1v) is 18.6. The van der Waals surface area contributed by atoms with Gasteiger partial charge in [0.1, 0.15) is 0 Å². The van der Waals surface area contributed by atoms with Crippen molar-refractivity contribution in [3.8, 4) is 67.5 Å². The molecule has 0 unspecified atom stereocenters. The molecule has 0 saturated heterocycles. The van der Waals surface area contributed by atoms with Gasteiger partial charge in [0.25, 0.3) is 0 Å². The Morgan fingerprint density at radius 3 is 1.60 bits per heavy atom. The molecule has 0 radical (unpaired) electrons. The highest BCUT2D eigenvalue weighted by Gasteiger charge is 2.18. The lowest BCUT2D eigenvalue weighted by atomic mass is 9.86. The molecule has 248 valence electrons. The van der Waals surface area contributed by atoms with Crippen molar-refractivity contribution in [2.75, 3.05) is 0 Å². The maximum atomic E-state index is 5.15. The molecule has 0 saturated carbocycles. The minimum absolute atomic E-state index is 0.646. The Morgan fingerprint density at radius 1 is 0.302 bits per heavy atom. The Hall–Kier alpha value is -6.75. The highest BCUT2D eigenvalue weighted by atomic mass is 32.1. The number of aromatic nitrogens is 3. The van der Waals surface area contributed by atoms with Gasteiger partial charge < -0.3 is 0 Å². The summed E-state index contributed by atoms with van der Waals surface area (Å²) >= 11 is 1.79. The molecule has 0 spiro atoms. The molecule has 4 heteroatoms. The molecule has 0 amide bonds. The van der Waals surface area contributed by atoms with Crippen molar-refractivity contribution in [1.29, 1.82) is 0 Å². The maximum Gasteiger partial charge on any atom is 0.165 e. The van der Waals surface area contributed by atoms with E-state index in [2.05, 4.69) is 170 Å². The topological polar surface area (TPSA) is 38.7 Å². The lowest BCUT2D eigenvalue weighted by Gasteiger charge is -2.18. The molecule has 0 atom stereocenters. The third kappa shape index (κ3) is 5.57. The fourth-order valence-corrected chi connectivity index (χ4v) is 8.65. The first-order chi connectivity index (χ1) is 26.3. The average molecular weight is 694 g/mol. The minimum Gasteiger partial charge on any atom is -0.208 e. The lowest BCUT2D eigenvalue weighted by Crippen LogP contribution is -2.00. The Balaban J connectivity index is 1.11. The minimum atomic E-state index is 0.646. The van der Waals surface area contributed by atoms with Gasteiger partial charge in [-0.05, 0) is 56.3 Å². The zero-order valence-electron chi connectivity index (χ0n) is 28.6. The van der Waals surface area contributed by atoms with Crippen molar-refractivity contribution in [3.63, 3.8) is 0 Å². The van der Waals surface area contributed by atoms with E-state index in [1.54, 1.807) is 11.3 Å². The van der Waals surface area contributed by atoms with E-state index in [0.29, 0.717) is 17.5 Å². The molecule has 3 nitrogen and oxygen atoms in total. The van der Waals surface area contributed by atoms with E-state index >= 15 is 0 Å². The summed E-state index contributed by atoms with van der Waals surface area (Å²) in [5, 5.41) is 4.93. The average Bonchev–Trinajstić information content (AvgIpc) is 3.63. The second-order valence-corrected chi connectivity index (χ2v) is 14.2. The van der Waals surface area contributed by atoms with Crippen molar-refractivity contribution >= 4 is 42.3 Å². The number of benzene rings is 8. The summed E-state index contributed by atoms with van der Waals surface area (Å²) in [6, 6.07) is 66.4. The molecule has 10 aromatic rings. The first kappa shape index (κ1) is 31.0. The highest BCUT2D eigenvalue weighted by molar-refractivity contribution is 7.26. The molecule has 0 aliphatic rings. The highest BCUT2D eigenvalue weighted by Crippen LogP contribution is 2.43. The van der Waals surface area contributed by atoms with Crippen LogP contribution in [0.25, 0.3) is 98.5 Å². The summed E-state index contributed by atoms with van der Waals surface area (Å²) in [5.74, 6) is 1.97. The van der Waals surface area contributed by atoms with Gasteiger partial charge in [-0.1, -0.05) is 176 Å². The second kappa shape index (κ2) is 13.1. The van der Waals surface area contributed by atoms with Gasteiger partial charge in [-0.2, -0.15) is 0 Å². The monoisotopic (exact) mass is 693 g/mol. The van der Waals surface area contributed by atoms with E-state index in [9.17, 15) is 0 Å². The summed E-state index contributed by atoms with van der Waals surface area (Å²) in [6.45, 7) is 0. The van der Waals surface area contributed by atoms with Crippen LogP contribution in [0.4, 0.5) is 0 Å². The normalized spacial score (nSPS) is 11.4. The Bertz CT molecular complexity index is 2930. The van der Waals surface area contributed by atoms with Crippen LogP contribution in [0.2, 0.25) is 0 Å². The van der Waals surface area contributed by atoms with Crippen molar-refractivity contribution in [2.45, 2.75) is 0 Å². The molecule has 53 heavy (non-hydrogen) atoms. The summed E-state index contributed by atoms with van der Waals surface area (Å²) in [7, 11) is 0. The molecule has 2 heterocycles. The fourth-order valence-electron chi connectivity index (χ4n) is 7.44. The predicted molar refractivity (Wildman–Crippen MR) is 223 cm³/mol. The number of thiophene rings is 1. The van der Waals surface area contributed by atoms with E-state index in [-0.39, 0.29) is 0 Å². The molecule has 0 aliphatic carbocycles. The molecule has 8 aromatic carbocycles. The summed E-state index contributed by atoms with van der Waals surface area (Å²) in [5.41, 5.74) is 10.0. The standard InChI is InChI=1S/C49H31N3S/c1-3-14-32(15-4-1)39-31-30-33-16-7-8-20-38(33)45(39)41-22-10-9-19-37(41)34-26-28-36(29-27-34)48-50-47(35-17-5-2-6-18-35)51-49(52-48)43-24-13-23-42-40-21-11-12-25-44(40)53-46(42)43/h1-31H. The summed E-state index contributed by atoms with van der Waals surface area (Å²) < 4.78 is 2.43. The van der Waals surface area contributed by atoms with E-state index in [0.717, 1.165) is 22.3 Å². The van der Waals surface area contributed by atoms with Crippen LogP contribution in [0.15, 0.2) is 188 Å². The molecule has 0 bridgehead atoms. The summed E-state index contributed by atoms with van der Waals surface area (Å²) in [4.78, 5) is 15.3. The number of hydrogen-bond donors (Lipinski definition) is 0. The van der Waals surface area contributed by atoms with Gasteiger partial charge in [-0.3, -0.25) is 0 Å². The zero-order chi connectivity index (χ0) is 35.1. The lowest BCUT2D eigenvalue weighted by molar-refractivity contribution is 1.08. The van der Waals surface area contributed by atoms with E-state index in [1.807, 2.05) is 18.2 Å². The van der Waals surface area contributed by atoms with Crippen LogP contribution in [0.1, 0.15) is 0 Å². The zero-order valence-corrected chi connectivity index (χ0v) is 29.5. The largest absolute Gasteiger partial charge is 0.208 e. The quantitative estimate of drug-likeness (QED) is 0.174. The van der Waals surface area contributed by atoms with Crippen LogP contribution in [0.5, 0.6) is 0 Å². The van der Waals surface area contributed by atoms with Crippen LogP contribution < -0.4 is 0 Å². The van der Waals surface area contributed by atoms with Gasteiger partial charge in [0, 0.05) is 36.9 Å². The number of fused-ring (bicyclic) bond motifs is 4. The Labute approximate surface area is 311 Å². The van der Waals surface area contributed by atoms with Crippen LogP contribution in [0.3, 0.4) is 0 Å². The van der Waals surface area contributed by atoms with Crippen molar-refractivity contribution in [3.05, 3.63) is 188 Å². The molecule has 2 aromatic heterocycles. The second-order valence-electron chi connectivity index (χ2n) is 13.2. The van der Waals surface area contributed by atoms with Crippen molar-refractivity contribution in [1.82, 2.24) is 15.0 Å². The molecule has 0 fully saturated rings. The number of nitrogens with zero attached hydrogens (tertiary/aromatic N) is 3. The molecule has 0 aliphatic heterocycles. The molecular formula is C49H31N3S.